The van der Waals surface area contributed by atoms with Gasteiger partial charge in [-0.25, -0.2) is 9.59 Å². The molecule has 0 bridgehead atoms. The number of carbonyl (C=O) groups excluding carboxylic acids is 1. The molecule has 7 heteroatoms. The number of hydrogen-bond donors (Lipinski definition) is 1. The van der Waals surface area contributed by atoms with Crippen LogP contribution in [-0.2, 0) is 9.47 Å². The Balaban J connectivity index is 2.17. The summed E-state index contributed by atoms with van der Waals surface area (Å²) < 4.78 is 15.5. The Morgan fingerprint density at radius 1 is 1.09 bits per heavy atom. The highest BCUT2D eigenvalue weighted by molar-refractivity contribution is 5.96. The van der Waals surface area contributed by atoms with Gasteiger partial charge in [0.15, 0.2) is 0 Å². The first-order chi connectivity index (χ1) is 15.4. The van der Waals surface area contributed by atoms with Crippen LogP contribution in [-0.4, -0.2) is 44.5 Å². The van der Waals surface area contributed by atoms with Crippen molar-refractivity contribution >= 4 is 22.6 Å². The van der Waals surface area contributed by atoms with Gasteiger partial charge in [0.2, 0.25) is 0 Å². The molecule has 0 aliphatic heterocycles. The summed E-state index contributed by atoms with van der Waals surface area (Å²) in [6, 6.07) is 12.9. The van der Waals surface area contributed by atoms with Crippen molar-refractivity contribution in [3.8, 4) is 11.1 Å². The average molecular weight is 440 g/mol. The second kappa shape index (κ2) is 10.4. The van der Waals surface area contributed by atoms with Crippen molar-refractivity contribution < 1.29 is 23.8 Å². The van der Waals surface area contributed by atoms with Crippen LogP contribution in [0.4, 0.5) is 5.69 Å². The lowest BCUT2D eigenvalue weighted by atomic mass is 9.98. The van der Waals surface area contributed by atoms with Crippen molar-refractivity contribution in [2.45, 2.75) is 26.9 Å². The summed E-state index contributed by atoms with van der Waals surface area (Å²) in [5.74, 6) is -0.700. The summed E-state index contributed by atoms with van der Waals surface area (Å²) in [6.45, 7) is 7.72. The maximum absolute atomic E-state index is 12.4. The maximum Gasteiger partial charge on any atom is 0.351 e. The summed E-state index contributed by atoms with van der Waals surface area (Å²) in [6.07, 6.45) is -0.700. The number of aliphatic hydroxyl groups is 1. The Bertz CT molecular complexity index is 1130. The quantitative estimate of drug-likeness (QED) is 0.395. The molecule has 1 atom stereocenters. The van der Waals surface area contributed by atoms with Crippen LogP contribution in [0, 0.1) is 0 Å². The van der Waals surface area contributed by atoms with Gasteiger partial charge in [-0.3, -0.25) is 0 Å². The molecular formula is C25H29NO6. The van der Waals surface area contributed by atoms with Gasteiger partial charge in [-0.2, -0.15) is 0 Å². The summed E-state index contributed by atoms with van der Waals surface area (Å²) in [4.78, 5) is 26.7. The zero-order chi connectivity index (χ0) is 23.3. The van der Waals surface area contributed by atoms with E-state index in [0.29, 0.717) is 11.0 Å². The largest absolute Gasteiger partial charge is 0.462 e. The predicted octanol–water partition coefficient (Wildman–Crippen LogP) is 4.16. The van der Waals surface area contributed by atoms with Gasteiger partial charge in [-0.15, -0.1) is 0 Å². The van der Waals surface area contributed by atoms with Crippen LogP contribution in [0.2, 0.25) is 0 Å². The molecular weight excluding hydrogens is 410 g/mol. The standard InChI is InChI=1S/C25H29NO6/c1-5-26(6-2)21-14-23-18(13-20(25(29)32-23)24(28)31-7-3)12-19(21)16-8-10-17(11-9-16)22(27)15-30-4/h8-14,22,27H,5-7,15H2,1-4H3. The van der Waals surface area contributed by atoms with Gasteiger partial charge in [0.25, 0.3) is 0 Å². The third-order valence-electron chi connectivity index (χ3n) is 5.38. The monoisotopic (exact) mass is 439 g/mol. The Labute approximate surface area is 187 Å². The highest BCUT2D eigenvalue weighted by atomic mass is 16.5. The fourth-order valence-corrected chi connectivity index (χ4v) is 3.70. The zero-order valence-corrected chi connectivity index (χ0v) is 18.9. The van der Waals surface area contributed by atoms with E-state index in [1.807, 2.05) is 36.4 Å². The smallest absolute Gasteiger partial charge is 0.351 e. The Kier molecular flexibility index (Phi) is 7.66. The molecule has 7 nitrogen and oxygen atoms in total. The van der Waals surface area contributed by atoms with Crippen LogP contribution < -0.4 is 10.5 Å². The molecule has 0 saturated heterocycles. The van der Waals surface area contributed by atoms with E-state index in [-0.39, 0.29) is 18.8 Å². The molecule has 0 radical (unpaired) electrons. The molecule has 0 fully saturated rings. The van der Waals surface area contributed by atoms with Gasteiger partial charge < -0.3 is 23.9 Å². The molecule has 3 rings (SSSR count). The second-order valence-electron chi connectivity index (χ2n) is 7.34. The average Bonchev–Trinajstić information content (AvgIpc) is 2.79. The normalized spacial score (nSPS) is 12.0. The molecule has 170 valence electrons. The first kappa shape index (κ1) is 23.5. The van der Waals surface area contributed by atoms with Gasteiger partial charge >= 0.3 is 11.6 Å². The van der Waals surface area contributed by atoms with Crippen LogP contribution >= 0.6 is 0 Å². The number of methoxy groups -OCH3 is 1. The third-order valence-corrected chi connectivity index (χ3v) is 5.38. The van der Waals surface area contributed by atoms with E-state index >= 15 is 0 Å². The lowest BCUT2D eigenvalue weighted by Gasteiger charge is -2.25. The summed E-state index contributed by atoms with van der Waals surface area (Å²) in [7, 11) is 1.55. The first-order valence-electron chi connectivity index (χ1n) is 10.7. The van der Waals surface area contributed by atoms with Crippen molar-refractivity contribution in [1.82, 2.24) is 0 Å². The SMILES string of the molecule is CCOC(=O)c1cc2cc(-c3ccc(C(O)COC)cc3)c(N(CC)CC)cc2oc1=O. The zero-order valence-electron chi connectivity index (χ0n) is 18.9. The van der Waals surface area contributed by atoms with Gasteiger partial charge in [-0.1, -0.05) is 24.3 Å². The molecule has 0 spiro atoms. The summed E-state index contributed by atoms with van der Waals surface area (Å²) in [5, 5.41) is 10.8. The van der Waals surface area contributed by atoms with Gasteiger partial charge in [-0.05, 0) is 44.0 Å². The molecule has 0 aliphatic rings. The van der Waals surface area contributed by atoms with E-state index in [4.69, 9.17) is 13.9 Å². The minimum absolute atomic E-state index is 0.126. The second-order valence-corrected chi connectivity index (χ2v) is 7.34. The van der Waals surface area contributed by atoms with Crippen LogP contribution in [0.15, 0.2) is 51.7 Å². The van der Waals surface area contributed by atoms with Crippen molar-refractivity contribution in [3.05, 3.63) is 64.0 Å². The molecule has 3 aromatic rings. The van der Waals surface area contributed by atoms with Gasteiger partial charge in [0.05, 0.1) is 13.2 Å². The Morgan fingerprint density at radius 3 is 2.38 bits per heavy atom. The molecule has 0 aliphatic carbocycles. The predicted molar refractivity (Wildman–Crippen MR) is 124 cm³/mol. The Morgan fingerprint density at radius 2 is 1.78 bits per heavy atom. The minimum Gasteiger partial charge on any atom is -0.462 e. The number of benzene rings is 2. The number of fused-ring (bicyclic) bond motifs is 1. The summed E-state index contributed by atoms with van der Waals surface area (Å²) >= 11 is 0. The minimum atomic E-state index is -0.717. The van der Waals surface area contributed by atoms with E-state index in [1.54, 1.807) is 14.0 Å². The molecule has 1 unspecified atom stereocenters. The number of hydrogen-bond acceptors (Lipinski definition) is 7. The van der Waals surface area contributed by atoms with Gasteiger partial charge in [0, 0.05) is 42.9 Å². The fourth-order valence-electron chi connectivity index (χ4n) is 3.70. The number of anilines is 1. The van der Waals surface area contributed by atoms with E-state index in [2.05, 4.69) is 18.7 Å². The molecule has 32 heavy (non-hydrogen) atoms. The maximum atomic E-state index is 12.4. The molecule has 1 aromatic heterocycles. The highest BCUT2D eigenvalue weighted by Crippen LogP contribution is 2.35. The number of carbonyl (C=O) groups is 1. The lowest BCUT2D eigenvalue weighted by molar-refractivity contribution is 0.0521. The number of esters is 1. The number of aliphatic hydroxyl groups excluding tert-OH is 1. The van der Waals surface area contributed by atoms with Crippen LogP contribution in [0.25, 0.3) is 22.1 Å². The number of ether oxygens (including phenoxy) is 2. The first-order valence-corrected chi connectivity index (χ1v) is 10.7. The van der Waals surface area contributed by atoms with Gasteiger partial charge in [0.1, 0.15) is 17.3 Å². The molecule has 0 saturated carbocycles. The van der Waals surface area contributed by atoms with E-state index in [0.717, 1.165) is 35.5 Å². The van der Waals surface area contributed by atoms with E-state index in [1.165, 1.54) is 6.07 Å². The molecule has 2 aromatic carbocycles. The summed E-state index contributed by atoms with van der Waals surface area (Å²) in [5.41, 5.74) is 3.10. The van der Waals surface area contributed by atoms with Crippen LogP contribution in [0.5, 0.6) is 0 Å². The van der Waals surface area contributed by atoms with Crippen molar-refractivity contribution in [2.24, 2.45) is 0 Å². The number of rotatable bonds is 9. The van der Waals surface area contributed by atoms with Crippen molar-refractivity contribution in [2.75, 3.05) is 38.3 Å². The lowest BCUT2D eigenvalue weighted by Crippen LogP contribution is -2.22. The third kappa shape index (κ3) is 4.84. The van der Waals surface area contributed by atoms with E-state index in [9.17, 15) is 14.7 Å². The van der Waals surface area contributed by atoms with E-state index < -0.39 is 17.7 Å². The molecule has 0 amide bonds. The van der Waals surface area contributed by atoms with Crippen molar-refractivity contribution in [1.29, 1.82) is 0 Å². The Hall–Kier alpha value is -3.16. The highest BCUT2D eigenvalue weighted by Gasteiger charge is 2.19. The molecule has 1 heterocycles. The topological polar surface area (TPSA) is 89.2 Å². The van der Waals surface area contributed by atoms with Crippen LogP contribution in [0.3, 0.4) is 0 Å². The fraction of sp³-hybridized carbons (Fsp3) is 0.360. The number of nitrogens with zero attached hydrogens (tertiary/aromatic N) is 1. The van der Waals surface area contributed by atoms with Crippen molar-refractivity contribution in [3.63, 3.8) is 0 Å². The van der Waals surface area contributed by atoms with Crippen LogP contribution in [0.1, 0.15) is 42.8 Å². The molecule has 1 N–H and O–H groups in total.